The van der Waals surface area contributed by atoms with E-state index < -0.39 is 10.0 Å². The molecular weight excluding hydrogens is 380 g/mol. The number of carbonyl (C=O) groups excluding carboxylic acids is 1. The minimum Gasteiger partial charge on any atom is -0.454 e. The van der Waals surface area contributed by atoms with Gasteiger partial charge in [0.1, 0.15) is 0 Å². The van der Waals surface area contributed by atoms with Crippen LogP contribution < -0.4 is 14.2 Å². The summed E-state index contributed by atoms with van der Waals surface area (Å²) in [5.74, 6) is 1.05. The van der Waals surface area contributed by atoms with Crippen LogP contribution >= 0.6 is 0 Å². The van der Waals surface area contributed by atoms with Crippen LogP contribution in [0.15, 0.2) is 42.5 Å². The largest absolute Gasteiger partial charge is 0.454 e. The van der Waals surface area contributed by atoms with E-state index in [9.17, 15) is 13.2 Å². The average Bonchev–Trinajstić information content (AvgIpc) is 3.15. The molecule has 2 aromatic carbocycles. The number of hydrogen-bond donors (Lipinski definition) is 1. The highest BCUT2D eigenvalue weighted by atomic mass is 32.2. The molecule has 0 saturated carbocycles. The average molecular weight is 404 g/mol. The predicted molar refractivity (Wildman–Crippen MR) is 107 cm³/mol. The van der Waals surface area contributed by atoms with E-state index in [2.05, 4.69) is 4.72 Å². The van der Waals surface area contributed by atoms with E-state index >= 15 is 0 Å². The standard InChI is InChI=1S/C20H24N2O5S/c1-3-12-28(24,25)21-17-10-6-5-9-16(17)20(23)22(4-2)13-15-8-7-11-18-19(15)27-14-26-18/h5-11,21H,3-4,12-14H2,1-2H3. The summed E-state index contributed by atoms with van der Waals surface area (Å²) >= 11 is 0. The van der Waals surface area contributed by atoms with Crippen molar-refractivity contribution in [1.82, 2.24) is 4.90 Å². The Hall–Kier alpha value is -2.74. The molecule has 0 bridgehead atoms. The van der Waals surface area contributed by atoms with Gasteiger partial charge >= 0.3 is 0 Å². The van der Waals surface area contributed by atoms with Crippen molar-refractivity contribution in [2.75, 3.05) is 23.8 Å². The Labute approximate surface area is 165 Å². The van der Waals surface area contributed by atoms with Gasteiger partial charge in [0.05, 0.1) is 17.0 Å². The molecule has 8 heteroatoms. The van der Waals surface area contributed by atoms with Gasteiger partial charge in [0, 0.05) is 18.7 Å². The number of nitrogens with zero attached hydrogens (tertiary/aromatic N) is 1. The summed E-state index contributed by atoms with van der Waals surface area (Å²) in [5.41, 5.74) is 1.44. The van der Waals surface area contributed by atoms with Crippen molar-refractivity contribution in [2.45, 2.75) is 26.8 Å². The van der Waals surface area contributed by atoms with Crippen molar-refractivity contribution in [3.63, 3.8) is 0 Å². The smallest absolute Gasteiger partial charge is 0.256 e. The number of sulfonamides is 1. The Bertz CT molecular complexity index is 959. The molecule has 0 spiro atoms. The maximum absolute atomic E-state index is 13.2. The topological polar surface area (TPSA) is 84.9 Å². The summed E-state index contributed by atoms with van der Waals surface area (Å²) in [7, 11) is -3.50. The Kier molecular flexibility index (Phi) is 6.08. The van der Waals surface area contributed by atoms with Crippen LogP contribution in [-0.2, 0) is 16.6 Å². The summed E-state index contributed by atoms with van der Waals surface area (Å²) in [6, 6.07) is 12.2. The molecule has 0 atom stereocenters. The molecule has 150 valence electrons. The van der Waals surface area contributed by atoms with E-state index in [0.717, 1.165) is 5.56 Å². The van der Waals surface area contributed by atoms with E-state index in [-0.39, 0.29) is 24.1 Å². The fraction of sp³-hybridized carbons (Fsp3) is 0.350. The number of fused-ring (bicyclic) bond motifs is 1. The Morgan fingerprint density at radius 1 is 1.11 bits per heavy atom. The maximum Gasteiger partial charge on any atom is 0.256 e. The van der Waals surface area contributed by atoms with Crippen LogP contribution in [-0.4, -0.2) is 38.3 Å². The van der Waals surface area contributed by atoms with E-state index in [1.165, 1.54) is 0 Å². The van der Waals surface area contributed by atoms with Crippen molar-refractivity contribution in [2.24, 2.45) is 0 Å². The summed E-state index contributed by atoms with van der Waals surface area (Å²) in [4.78, 5) is 14.8. The zero-order chi connectivity index (χ0) is 20.1. The van der Waals surface area contributed by atoms with Crippen molar-refractivity contribution in [1.29, 1.82) is 0 Å². The zero-order valence-electron chi connectivity index (χ0n) is 16.0. The van der Waals surface area contributed by atoms with Crippen LogP contribution in [0.3, 0.4) is 0 Å². The first kappa shape index (κ1) is 20.0. The van der Waals surface area contributed by atoms with Crippen LogP contribution in [0.2, 0.25) is 0 Å². The number of amides is 1. The number of carbonyl (C=O) groups is 1. The lowest BCUT2D eigenvalue weighted by Crippen LogP contribution is -2.31. The molecule has 0 saturated heterocycles. The lowest BCUT2D eigenvalue weighted by atomic mass is 10.1. The summed E-state index contributed by atoms with van der Waals surface area (Å²) in [6.45, 7) is 4.62. The molecule has 1 N–H and O–H groups in total. The third kappa shape index (κ3) is 4.39. The number of rotatable bonds is 8. The molecule has 28 heavy (non-hydrogen) atoms. The lowest BCUT2D eigenvalue weighted by molar-refractivity contribution is 0.0752. The molecule has 0 aromatic heterocycles. The summed E-state index contributed by atoms with van der Waals surface area (Å²) in [5, 5.41) is 0. The van der Waals surface area contributed by atoms with Crippen LogP contribution in [0, 0.1) is 0 Å². The predicted octanol–water partition coefficient (Wildman–Crippen LogP) is 3.23. The Morgan fingerprint density at radius 2 is 1.89 bits per heavy atom. The van der Waals surface area contributed by atoms with Gasteiger partial charge in [-0.25, -0.2) is 8.42 Å². The number of nitrogens with one attached hydrogen (secondary N) is 1. The van der Waals surface area contributed by atoms with Crippen LogP contribution in [0.25, 0.3) is 0 Å². The van der Waals surface area contributed by atoms with Crippen LogP contribution in [0.4, 0.5) is 5.69 Å². The fourth-order valence-corrected chi connectivity index (χ4v) is 4.22. The Balaban J connectivity index is 1.85. The molecule has 3 rings (SSSR count). The van der Waals surface area contributed by atoms with Gasteiger partial charge in [-0.15, -0.1) is 0 Å². The molecule has 1 aliphatic heterocycles. The summed E-state index contributed by atoms with van der Waals surface area (Å²) in [6.07, 6.45) is 0.494. The summed E-state index contributed by atoms with van der Waals surface area (Å²) < 4.78 is 37.8. The minimum atomic E-state index is -3.50. The SMILES string of the molecule is CCCS(=O)(=O)Nc1ccccc1C(=O)N(CC)Cc1cccc2c1OCO2. The van der Waals surface area contributed by atoms with E-state index in [1.54, 1.807) is 36.1 Å². The van der Waals surface area contributed by atoms with Gasteiger partial charge in [0.25, 0.3) is 5.91 Å². The van der Waals surface area contributed by atoms with Gasteiger partial charge in [-0.2, -0.15) is 0 Å². The second kappa shape index (κ2) is 8.52. The highest BCUT2D eigenvalue weighted by Gasteiger charge is 2.23. The first-order valence-electron chi connectivity index (χ1n) is 9.21. The minimum absolute atomic E-state index is 0.000504. The number of para-hydroxylation sites is 2. The number of hydrogen-bond acceptors (Lipinski definition) is 5. The molecule has 0 radical (unpaired) electrons. The molecule has 0 aliphatic carbocycles. The second-order valence-electron chi connectivity index (χ2n) is 6.44. The zero-order valence-corrected chi connectivity index (χ0v) is 16.8. The third-order valence-corrected chi connectivity index (χ3v) is 5.88. The van der Waals surface area contributed by atoms with Gasteiger partial charge in [-0.1, -0.05) is 31.2 Å². The molecule has 1 heterocycles. The van der Waals surface area contributed by atoms with Gasteiger partial charge in [0.2, 0.25) is 16.8 Å². The molecule has 0 fully saturated rings. The number of benzene rings is 2. The normalized spacial score (nSPS) is 12.6. The van der Waals surface area contributed by atoms with E-state index in [1.807, 2.05) is 25.1 Å². The molecular formula is C20H24N2O5S. The fourth-order valence-electron chi connectivity index (χ4n) is 3.06. The van der Waals surface area contributed by atoms with Gasteiger partial charge < -0.3 is 14.4 Å². The second-order valence-corrected chi connectivity index (χ2v) is 8.28. The monoisotopic (exact) mass is 404 g/mol. The van der Waals surface area contributed by atoms with Crippen molar-refractivity contribution in [3.05, 3.63) is 53.6 Å². The van der Waals surface area contributed by atoms with Crippen molar-refractivity contribution < 1.29 is 22.7 Å². The number of anilines is 1. The Morgan fingerprint density at radius 3 is 2.64 bits per heavy atom. The van der Waals surface area contributed by atoms with Crippen molar-refractivity contribution in [3.8, 4) is 11.5 Å². The molecule has 2 aromatic rings. The highest BCUT2D eigenvalue weighted by molar-refractivity contribution is 7.92. The highest BCUT2D eigenvalue weighted by Crippen LogP contribution is 2.36. The van der Waals surface area contributed by atoms with Gasteiger partial charge in [-0.05, 0) is 31.5 Å². The molecule has 1 aliphatic rings. The lowest BCUT2D eigenvalue weighted by Gasteiger charge is -2.23. The van der Waals surface area contributed by atoms with Crippen LogP contribution in [0.1, 0.15) is 36.2 Å². The molecule has 1 amide bonds. The van der Waals surface area contributed by atoms with Gasteiger partial charge in [0.15, 0.2) is 11.5 Å². The maximum atomic E-state index is 13.2. The quantitative estimate of drug-likeness (QED) is 0.730. The van der Waals surface area contributed by atoms with Crippen molar-refractivity contribution >= 4 is 21.6 Å². The first-order valence-corrected chi connectivity index (χ1v) is 10.9. The van der Waals surface area contributed by atoms with Crippen LogP contribution in [0.5, 0.6) is 11.5 Å². The van der Waals surface area contributed by atoms with Gasteiger partial charge in [-0.3, -0.25) is 9.52 Å². The number of ether oxygens (including phenoxy) is 2. The van der Waals surface area contributed by atoms with E-state index in [0.29, 0.717) is 36.6 Å². The first-order chi connectivity index (χ1) is 13.4. The third-order valence-electron chi connectivity index (χ3n) is 4.40. The molecule has 7 nitrogen and oxygen atoms in total. The van der Waals surface area contributed by atoms with E-state index in [4.69, 9.17) is 9.47 Å². The molecule has 0 unspecified atom stereocenters.